The minimum Gasteiger partial charge on any atom is -0.444 e. The molecule has 5 nitrogen and oxygen atoms in total. The maximum atomic E-state index is 13.1. The van der Waals surface area contributed by atoms with Crippen LogP contribution in [0.2, 0.25) is 0 Å². The second kappa shape index (κ2) is 4.86. The van der Waals surface area contributed by atoms with Crippen LogP contribution in [0.3, 0.4) is 0 Å². The van der Waals surface area contributed by atoms with Gasteiger partial charge in [-0.25, -0.2) is 4.79 Å². The summed E-state index contributed by atoms with van der Waals surface area (Å²) in [7, 11) is -4.55. The van der Waals surface area contributed by atoms with E-state index in [1.807, 2.05) is 0 Å². The standard InChI is InChI=1S/C13H22FNO4S/c1-12(2,3)19-11(16)15-10-6-9-4-5-13(10,7-9)8-20(14,17)18/h9-10H,4-8H2,1-3H3,(H,15,16). The minimum absolute atomic E-state index is 0.318. The molecule has 1 N–H and O–H groups in total. The van der Waals surface area contributed by atoms with Gasteiger partial charge in [0.2, 0.25) is 0 Å². The van der Waals surface area contributed by atoms with Gasteiger partial charge in [-0.15, -0.1) is 3.89 Å². The Labute approximate surface area is 119 Å². The monoisotopic (exact) mass is 307 g/mol. The topological polar surface area (TPSA) is 72.5 Å². The van der Waals surface area contributed by atoms with Crippen molar-refractivity contribution < 1.29 is 21.8 Å². The summed E-state index contributed by atoms with van der Waals surface area (Å²) in [5, 5.41) is 2.74. The highest BCUT2D eigenvalue weighted by atomic mass is 32.3. The molecule has 116 valence electrons. The van der Waals surface area contributed by atoms with E-state index < -0.39 is 33.1 Å². The van der Waals surface area contributed by atoms with Crippen LogP contribution in [0.25, 0.3) is 0 Å². The van der Waals surface area contributed by atoms with Gasteiger partial charge in [-0.05, 0) is 52.4 Å². The second-order valence-corrected chi connectivity index (χ2v) is 8.46. The van der Waals surface area contributed by atoms with Crippen LogP contribution in [-0.2, 0) is 15.0 Å². The molecule has 3 unspecified atom stereocenters. The van der Waals surface area contributed by atoms with Gasteiger partial charge in [-0.1, -0.05) is 0 Å². The molecule has 20 heavy (non-hydrogen) atoms. The number of nitrogens with one attached hydrogen (secondary N) is 1. The zero-order chi connectivity index (χ0) is 15.2. The SMILES string of the molecule is CC(C)(C)OC(=O)NC1CC2CCC1(CS(=O)(=O)F)C2. The van der Waals surface area contributed by atoms with Crippen molar-refractivity contribution in [3.63, 3.8) is 0 Å². The second-order valence-electron chi connectivity index (χ2n) is 7.09. The van der Waals surface area contributed by atoms with Crippen molar-refractivity contribution in [2.24, 2.45) is 11.3 Å². The van der Waals surface area contributed by atoms with Gasteiger partial charge < -0.3 is 10.1 Å². The highest BCUT2D eigenvalue weighted by molar-refractivity contribution is 7.86. The van der Waals surface area contributed by atoms with Crippen LogP contribution in [0.4, 0.5) is 8.68 Å². The Bertz CT molecular complexity index is 499. The van der Waals surface area contributed by atoms with Gasteiger partial charge in [0.25, 0.3) is 0 Å². The molecule has 2 bridgehead atoms. The number of hydrogen-bond acceptors (Lipinski definition) is 4. The number of ether oxygens (including phenoxy) is 1. The quantitative estimate of drug-likeness (QED) is 0.812. The molecular formula is C13H22FNO4S. The molecule has 0 aromatic rings. The first kappa shape index (κ1) is 15.5. The molecule has 0 aliphatic heterocycles. The van der Waals surface area contributed by atoms with Crippen LogP contribution < -0.4 is 5.32 Å². The summed E-state index contributed by atoms with van der Waals surface area (Å²) in [6.45, 7) is 5.28. The Kier molecular flexibility index (Phi) is 3.77. The average Bonchev–Trinajstić information content (AvgIpc) is 2.67. The van der Waals surface area contributed by atoms with Gasteiger partial charge in [0, 0.05) is 11.5 Å². The van der Waals surface area contributed by atoms with Crippen molar-refractivity contribution in [1.29, 1.82) is 0 Å². The smallest absolute Gasteiger partial charge is 0.407 e. The Morgan fingerprint density at radius 3 is 2.60 bits per heavy atom. The zero-order valence-electron chi connectivity index (χ0n) is 12.1. The summed E-state index contributed by atoms with van der Waals surface area (Å²) >= 11 is 0. The molecule has 2 aliphatic carbocycles. The lowest BCUT2D eigenvalue weighted by Gasteiger charge is -2.34. The maximum Gasteiger partial charge on any atom is 0.407 e. The first-order chi connectivity index (χ1) is 8.99. The number of amides is 1. The van der Waals surface area contributed by atoms with E-state index in [-0.39, 0.29) is 6.04 Å². The van der Waals surface area contributed by atoms with E-state index in [2.05, 4.69) is 5.32 Å². The molecule has 0 radical (unpaired) electrons. The molecule has 0 saturated heterocycles. The molecule has 1 amide bonds. The Morgan fingerprint density at radius 2 is 2.10 bits per heavy atom. The molecule has 0 aromatic carbocycles. The third kappa shape index (κ3) is 3.62. The van der Waals surface area contributed by atoms with Crippen LogP contribution in [0.15, 0.2) is 0 Å². The Morgan fingerprint density at radius 1 is 1.45 bits per heavy atom. The van der Waals surface area contributed by atoms with E-state index in [0.29, 0.717) is 25.2 Å². The lowest BCUT2D eigenvalue weighted by Crippen LogP contribution is -2.49. The van der Waals surface area contributed by atoms with Crippen LogP contribution in [-0.4, -0.2) is 31.9 Å². The highest BCUT2D eigenvalue weighted by Crippen LogP contribution is 2.54. The summed E-state index contributed by atoms with van der Waals surface area (Å²) < 4.78 is 40.3. The molecule has 2 saturated carbocycles. The molecule has 2 aliphatic rings. The maximum absolute atomic E-state index is 13.1. The lowest BCUT2D eigenvalue weighted by molar-refractivity contribution is 0.0459. The van der Waals surface area contributed by atoms with E-state index in [1.165, 1.54) is 0 Å². The fourth-order valence-electron chi connectivity index (χ4n) is 3.61. The molecule has 2 fully saturated rings. The number of rotatable bonds is 3. The zero-order valence-corrected chi connectivity index (χ0v) is 12.9. The third-order valence-electron chi connectivity index (χ3n) is 4.20. The van der Waals surface area contributed by atoms with E-state index in [9.17, 15) is 17.1 Å². The van der Waals surface area contributed by atoms with E-state index in [1.54, 1.807) is 20.8 Å². The van der Waals surface area contributed by atoms with Gasteiger partial charge in [0.05, 0.1) is 5.75 Å². The van der Waals surface area contributed by atoms with E-state index in [4.69, 9.17) is 4.74 Å². The predicted octanol–water partition coefficient (Wildman–Crippen LogP) is 2.37. The summed E-state index contributed by atoms with van der Waals surface area (Å²) in [6.07, 6.45) is 2.35. The van der Waals surface area contributed by atoms with Crippen LogP contribution >= 0.6 is 0 Å². The predicted molar refractivity (Wildman–Crippen MR) is 72.4 cm³/mol. The fourth-order valence-corrected chi connectivity index (χ4v) is 4.76. The third-order valence-corrected chi connectivity index (χ3v) is 5.12. The lowest BCUT2D eigenvalue weighted by atomic mass is 9.81. The van der Waals surface area contributed by atoms with Gasteiger partial charge in [0.1, 0.15) is 5.60 Å². The molecule has 0 spiro atoms. The number of fused-ring (bicyclic) bond motifs is 2. The molecule has 0 heterocycles. The van der Waals surface area contributed by atoms with Gasteiger partial charge in [-0.3, -0.25) is 0 Å². The van der Waals surface area contributed by atoms with Crippen molar-refractivity contribution in [1.82, 2.24) is 5.32 Å². The van der Waals surface area contributed by atoms with Crippen molar-refractivity contribution in [3.8, 4) is 0 Å². The van der Waals surface area contributed by atoms with Gasteiger partial charge in [0.15, 0.2) is 0 Å². The normalized spacial score (nSPS) is 33.2. The molecule has 2 rings (SSSR count). The minimum atomic E-state index is -4.55. The largest absolute Gasteiger partial charge is 0.444 e. The van der Waals surface area contributed by atoms with E-state index >= 15 is 0 Å². The average molecular weight is 307 g/mol. The Balaban J connectivity index is 2.06. The Hall–Kier alpha value is -0.850. The first-order valence-corrected chi connectivity index (χ1v) is 8.46. The molecular weight excluding hydrogens is 285 g/mol. The summed E-state index contributed by atoms with van der Waals surface area (Å²) in [5.74, 6) is -0.131. The van der Waals surface area contributed by atoms with Crippen LogP contribution in [0, 0.1) is 11.3 Å². The molecule has 7 heteroatoms. The fraction of sp³-hybridized carbons (Fsp3) is 0.923. The number of carbonyl (C=O) groups is 1. The van der Waals surface area contributed by atoms with Crippen LogP contribution in [0.5, 0.6) is 0 Å². The summed E-state index contributed by atoms with van der Waals surface area (Å²) in [5.41, 5.74) is -1.27. The number of carbonyl (C=O) groups excluding carboxylic acids is 1. The van der Waals surface area contributed by atoms with Crippen LogP contribution in [0.1, 0.15) is 46.5 Å². The highest BCUT2D eigenvalue weighted by Gasteiger charge is 2.54. The van der Waals surface area contributed by atoms with Crippen molar-refractivity contribution >= 4 is 16.3 Å². The van der Waals surface area contributed by atoms with Crippen molar-refractivity contribution in [3.05, 3.63) is 0 Å². The van der Waals surface area contributed by atoms with E-state index in [0.717, 1.165) is 6.42 Å². The molecule has 0 aromatic heterocycles. The number of hydrogen-bond donors (Lipinski definition) is 1. The summed E-state index contributed by atoms with van der Waals surface area (Å²) in [4.78, 5) is 11.8. The van der Waals surface area contributed by atoms with Crippen molar-refractivity contribution in [2.45, 2.75) is 58.1 Å². The van der Waals surface area contributed by atoms with Crippen molar-refractivity contribution in [2.75, 3.05) is 5.75 Å². The first-order valence-electron chi connectivity index (χ1n) is 6.91. The number of halogens is 1. The summed E-state index contributed by atoms with van der Waals surface area (Å²) in [6, 6.07) is -0.318. The number of alkyl carbamates (subject to hydrolysis) is 1. The van der Waals surface area contributed by atoms with Gasteiger partial charge in [-0.2, -0.15) is 8.42 Å². The molecule has 3 atom stereocenters. The van der Waals surface area contributed by atoms with Gasteiger partial charge >= 0.3 is 16.3 Å².